The third kappa shape index (κ3) is 51.6. The van der Waals surface area contributed by atoms with Crippen molar-refractivity contribution < 1.29 is 42.9 Å². The molecule has 0 aromatic heterocycles. The van der Waals surface area contributed by atoms with E-state index in [-0.39, 0.29) is 32.2 Å². The predicted molar refractivity (Wildman–Crippen MR) is 283 cm³/mol. The number of unbranched alkanes of at least 4 members (excludes halogenated alkanes) is 35. The van der Waals surface area contributed by atoms with Gasteiger partial charge in [0.25, 0.3) is 0 Å². The van der Waals surface area contributed by atoms with Gasteiger partial charge in [0.15, 0.2) is 12.4 Å². The Morgan fingerprint density at radius 1 is 0.441 bits per heavy atom. The largest absolute Gasteiger partial charge is 0.545 e. The number of rotatable bonds is 54. The Morgan fingerprint density at radius 2 is 0.824 bits per heavy atom. The molecule has 0 spiro atoms. The molecule has 0 aromatic carbocycles. The van der Waals surface area contributed by atoms with Crippen LogP contribution in [0.15, 0.2) is 24.3 Å². The van der Waals surface area contributed by atoms with Crippen molar-refractivity contribution in [2.24, 2.45) is 0 Å². The fourth-order valence-electron chi connectivity index (χ4n) is 8.46. The molecule has 0 radical (unpaired) electrons. The van der Waals surface area contributed by atoms with E-state index in [0.717, 1.165) is 64.2 Å². The minimum absolute atomic E-state index is 0.147. The summed E-state index contributed by atoms with van der Waals surface area (Å²) in [6, 6.07) is 0. The second-order valence-electron chi connectivity index (χ2n) is 20.9. The van der Waals surface area contributed by atoms with Crippen molar-refractivity contribution in [2.75, 3.05) is 47.5 Å². The second kappa shape index (κ2) is 51.1. The summed E-state index contributed by atoms with van der Waals surface area (Å²) in [5.41, 5.74) is 0. The number of esters is 2. The van der Waals surface area contributed by atoms with Gasteiger partial charge in [-0.15, -0.1) is 0 Å². The lowest BCUT2D eigenvalue weighted by Gasteiger charge is -2.26. The van der Waals surface area contributed by atoms with Gasteiger partial charge in [0.1, 0.15) is 13.2 Å². The smallest absolute Gasteiger partial charge is 0.306 e. The van der Waals surface area contributed by atoms with Crippen molar-refractivity contribution in [2.45, 2.75) is 289 Å². The Kier molecular flexibility index (Phi) is 49.5. The lowest BCUT2D eigenvalue weighted by Crippen LogP contribution is -2.44. The number of hydrogen-bond acceptors (Lipinski definition) is 8. The summed E-state index contributed by atoms with van der Waals surface area (Å²) >= 11 is 0. The van der Waals surface area contributed by atoms with E-state index in [4.69, 9.17) is 18.9 Å². The van der Waals surface area contributed by atoms with Crippen molar-refractivity contribution in [3.63, 3.8) is 0 Å². The van der Waals surface area contributed by atoms with Crippen LogP contribution in [0.25, 0.3) is 0 Å². The van der Waals surface area contributed by atoms with E-state index < -0.39 is 24.3 Å². The van der Waals surface area contributed by atoms with Crippen molar-refractivity contribution in [1.29, 1.82) is 0 Å². The molecule has 400 valence electrons. The predicted octanol–water partition coefficient (Wildman–Crippen LogP) is 15.4. The maximum atomic E-state index is 12.8. The highest BCUT2D eigenvalue weighted by atomic mass is 16.7. The molecule has 0 heterocycles. The van der Waals surface area contributed by atoms with Gasteiger partial charge in [-0.25, -0.2) is 0 Å². The Hall–Kier alpha value is -2.23. The molecule has 0 amide bonds. The molecule has 2 unspecified atom stereocenters. The molecule has 9 nitrogen and oxygen atoms in total. The standard InChI is InChI=1S/C59H111NO8/c1-6-8-10-12-14-16-18-20-21-22-23-24-25-26-27-28-29-30-31-32-33-34-35-36-38-39-41-43-45-47-49-56(61)66-53-55(54-67-59(58(63)64)65-52-51-60(3,4)5)68-57(62)50-48-46-44-42-40-37-19-17-15-13-11-9-7-2/h11,13,17,19,55,59H,6-10,12,14-16,18,20-54H2,1-5H3/b13-11-,19-17-. The van der Waals surface area contributed by atoms with Gasteiger partial charge < -0.3 is 33.3 Å². The number of carboxylic acid groups (broad SMARTS) is 1. The molecule has 0 aliphatic carbocycles. The average Bonchev–Trinajstić information content (AvgIpc) is 3.30. The monoisotopic (exact) mass is 962 g/mol. The number of allylic oxidation sites excluding steroid dienone is 4. The van der Waals surface area contributed by atoms with Gasteiger partial charge in [-0.05, 0) is 38.5 Å². The van der Waals surface area contributed by atoms with E-state index in [2.05, 4.69) is 38.2 Å². The molecule has 0 aromatic rings. The fraction of sp³-hybridized carbons (Fsp3) is 0.881. The minimum atomic E-state index is -1.62. The summed E-state index contributed by atoms with van der Waals surface area (Å²) in [7, 11) is 5.92. The first kappa shape index (κ1) is 65.8. The van der Waals surface area contributed by atoms with Crippen LogP contribution in [0.5, 0.6) is 0 Å². The highest BCUT2D eigenvalue weighted by Crippen LogP contribution is 2.18. The van der Waals surface area contributed by atoms with Crippen LogP contribution in [-0.2, 0) is 33.3 Å². The van der Waals surface area contributed by atoms with Crippen LogP contribution in [-0.4, -0.2) is 82.3 Å². The number of hydrogen-bond donors (Lipinski definition) is 0. The lowest BCUT2D eigenvalue weighted by atomic mass is 10.0. The number of quaternary nitrogens is 1. The van der Waals surface area contributed by atoms with Crippen LogP contribution < -0.4 is 5.11 Å². The van der Waals surface area contributed by atoms with Gasteiger partial charge in [-0.1, -0.05) is 250 Å². The molecule has 0 N–H and O–H groups in total. The molecule has 0 fully saturated rings. The molecular formula is C59H111NO8. The van der Waals surface area contributed by atoms with Crippen molar-refractivity contribution in [3.8, 4) is 0 Å². The Balaban J connectivity index is 4.05. The zero-order valence-electron chi connectivity index (χ0n) is 45.5. The number of ether oxygens (including phenoxy) is 4. The third-order valence-corrected chi connectivity index (χ3v) is 12.9. The zero-order valence-corrected chi connectivity index (χ0v) is 45.5. The maximum Gasteiger partial charge on any atom is 0.306 e. The van der Waals surface area contributed by atoms with Crippen LogP contribution in [0, 0.1) is 0 Å². The summed E-state index contributed by atoms with van der Waals surface area (Å²) in [6.07, 6.45) is 56.8. The Morgan fingerprint density at radius 3 is 1.22 bits per heavy atom. The molecule has 0 rings (SSSR count). The average molecular weight is 963 g/mol. The zero-order chi connectivity index (χ0) is 49.9. The van der Waals surface area contributed by atoms with Crippen LogP contribution >= 0.6 is 0 Å². The van der Waals surface area contributed by atoms with Crippen LogP contribution in [0.4, 0.5) is 0 Å². The number of carboxylic acids is 1. The number of aliphatic carboxylic acids is 1. The van der Waals surface area contributed by atoms with Crippen molar-refractivity contribution in [3.05, 3.63) is 24.3 Å². The van der Waals surface area contributed by atoms with E-state index in [9.17, 15) is 19.5 Å². The number of carbonyl (C=O) groups is 3. The molecule has 0 aliphatic rings. The molecule has 0 bridgehead atoms. The summed E-state index contributed by atoms with van der Waals surface area (Å²) < 4.78 is 22.6. The van der Waals surface area contributed by atoms with E-state index in [0.29, 0.717) is 23.9 Å². The normalized spacial score (nSPS) is 12.9. The van der Waals surface area contributed by atoms with Crippen molar-refractivity contribution >= 4 is 17.9 Å². The van der Waals surface area contributed by atoms with Gasteiger partial charge in [0.2, 0.25) is 0 Å². The summed E-state index contributed by atoms with van der Waals surface area (Å²) in [5, 5.41) is 11.7. The molecular weight excluding hydrogens is 851 g/mol. The SMILES string of the molecule is CCC/C=C\C/C=C\CCCCCCCC(=O)OC(COC(=O)CCCCCCCCCCCCCCCCCCCCCCCCCCCCCCCC)COC(OCC[N+](C)(C)C)C(=O)[O-]. The number of nitrogens with zero attached hydrogens (tertiary/aromatic N) is 1. The van der Waals surface area contributed by atoms with Gasteiger partial charge >= 0.3 is 11.9 Å². The summed E-state index contributed by atoms with van der Waals surface area (Å²) in [6.45, 7) is 4.70. The third-order valence-electron chi connectivity index (χ3n) is 12.9. The second-order valence-corrected chi connectivity index (χ2v) is 20.9. The number of carbonyl (C=O) groups excluding carboxylic acids is 3. The fourth-order valence-corrected chi connectivity index (χ4v) is 8.46. The van der Waals surface area contributed by atoms with Crippen LogP contribution in [0.3, 0.4) is 0 Å². The maximum absolute atomic E-state index is 12.8. The van der Waals surface area contributed by atoms with E-state index >= 15 is 0 Å². The van der Waals surface area contributed by atoms with Gasteiger partial charge in [0.05, 0.1) is 40.3 Å². The van der Waals surface area contributed by atoms with E-state index in [1.54, 1.807) is 0 Å². The number of likely N-dealkylation sites (N-methyl/N-ethyl adjacent to an activating group) is 1. The first-order valence-corrected chi connectivity index (χ1v) is 29.0. The molecule has 2 atom stereocenters. The van der Waals surface area contributed by atoms with Gasteiger partial charge in [-0.3, -0.25) is 9.59 Å². The topological polar surface area (TPSA) is 111 Å². The minimum Gasteiger partial charge on any atom is -0.545 e. The van der Waals surface area contributed by atoms with Gasteiger partial charge in [0, 0.05) is 12.8 Å². The lowest BCUT2D eigenvalue weighted by molar-refractivity contribution is -0.870. The quantitative estimate of drug-likeness (QED) is 0.0195. The van der Waals surface area contributed by atoms with E-state index in [1.807, 2.05) is 21.1 Å². The van der Waals surface area contributed by atoms with Crippen LogP contribution in [0.1, 0.15) is 277 Å². The first-order valence-electron chi connectivity index (χ1n) is 29.0. The Labute approximate surface area is 420 Å². The summed E-state index contributed by atoms with van der Waals surface area (Å²) in [4.78, 5) is 37.2. The molecule has 9 heteroatoms. The summed E-state index contributed by atoms with van der Waals surface area (Å²) in [5.74, 6) is -2.29. The van der Waals surface area contributed by atoms with Gasteiger partial charge in [-0.2, -0.15) is 0 Å². The van der Waals surface area contributed by atoms with Crippen molar-refractivity contribution in [1.82, 2.24) is 0 Å². The molecule has 0 aliphatic heterocycles. The Bertz CT molecular complexity index is 1170. The van der Waals surface area contributed by atoms with E-state index in [1.165, 1.54) is 180 Å². The first-order chi connectivity index (χ1) is 33.1. The molecule has 0 saturated heterocycles. The molecule has 0 saturated carbocycles. The van der Waals surface area contributed by atoms with Crippen LogP contribution in [0.2, 0.25) is 0 Å². The molecule has 68 heavy (non-hydrogen) atoms. The highest BCUT2D eigenvalue weighted by Gasteiger charge is 2.22. The highest BCUT2D eigenvalue weighted by molar-refractivity contribution is 5.70.